The highest BCUT2D eigenvalue weighted by Crippen LogP contribution is 2.12. The normalized spacial score (nSPS) is 25.4. The number of thioether (sulfide) groups is 1. The zero-order valence-electron chi connectivity index (χ0n) is 7.44. The monoisotopic (exact) mass is 173 g/mol. The molecule has 0 unspecified atom stereocenters. The Morgan fingerprint density at radius 1 is 1.45 bits per heavy atom. The standard InChI is InChI=1S/C9H19NS/c1-2-11-8-6-9-5-3-4-7-10-9/h9-10H,2-8H2,1H3/t9-/m0/s1. The van der Waals surface area contributed by atoms with Crippen LogP contribution in [0.1, 0.15) is 32.6 Å². The van der Waals surface area contributed by atoms with Crippen LogP contribution in [0.5, 0.6) is 0 Å². The lowest BCUT2D eigenvalue weighted by atomic mass is 10.0. The summed E-state index contributed by atoms with van der Waals surface area (Å²) in [5.74, 6) is 2.61. The van der Waals surface area contributed by atoms with E-state index in [1.165, 1.54) is 43.7 Å². The fraction of sp³-hybridized carbons (Fsp3) is 1.00. The molecule has 1 heterocycles. The third kappa shape index (κ3) is 4.02. The highest BCUT2D eigenvalue weighted by atomic mass is 32.2. The predicted molar refractivity (Wildman–Crippen MR) is 53.3 cm³/mol. The molecule has 0 aromatic heterocycles. The largest absolute Gasteiger partial charge is 0.314 e. The van der Waals surface area contributed by atoms with Gasteiger partial charge in [-0.15, -0.1) is 0 Å². The molecule has 66 valence electrons. The van der Waals surface area contributed by atoms with Gasteiger partial charge in [0.25, 0.3) is 0 Å². The molecule has 1 saturated heterocycles. The highest BCUT2D eigenvalue weighted by molar-refractivity contribution is 7.99. The lowest BCUT2D eigenvalue weighted by molar-refractivity contribution is 0.395. The van der Waals surface area contributed by atoms with Gasteiger partial charge in [-0.1, -0.05) is 13.3 Å². The number of hydrogen-bond donors (Lipinski definition) is 1. The molecule has 0 saturated carbocycles. The number of hydrogen-bond acceptors (Lipinski definition) is 2. The molecule has 1 N–H and O–H groups in total. The second-order valence-corrected chi connectivity index (χ2v) is 4.53. The van der Waals surface area contributed by atoms with Crippen molar-refractivity contribution >= 4 is 11.8 Å². The average molecular weight is 173 g/mol. The molecule has 11 heavy (non-hydrogen) atoms. The molecule has 1 atom stereocenters. The third-order valence-corrected chi connectivity index (χ3v) is 3.16. The van der Waals surface area contributed by atoms with Gasteiger partial charge in [-0.2, -0.15) is 11.8 Å². The van der Waals surface area contributed by atoms with E-state index in [9.17, 15) is 0 Å². The van der Waals surface area contributed by atoms with Crippen molar-refractivity contribution in [1.29, 1.82) is 0 Å². The Morgan fingerprint density at radius 3 is 3.00 bits per heavy atom. The van der Waals surface area contributed by atoms with E-state index in [0.29, 0.717) is 0 Å². The summed E-state index contributed by atoms with van der Waals surface area (Å²) < 4.78 is 0. The first-order valence-corrected chi connectivity index (χ1v) is 5.90. The molecule has 0 aliphatic carbocycles. The van der Waals surface area contributed by atoms with Crippen LogP contribution in [-0.4, -0.2) is 24.1 Å². The van der Waals surface area contributed by atoms with Gasteiger partial charge in [0, 0.05) is 6.04 Å². The van der Waals surface area contributed by atoms with Gasteiger partial charge in [0.2, 0.25) is 0 Å². The topological polar surface area (TPSA) is 12.0 Å². The number of rotatable bonds is 4. The van der Waals surface area contributed by atoms with Crippen LogP contribution in [0.2, 0.25) is 0 Å². The summed E-state index contributed by atoms with van der Waals surface area (Å²) in [5.41, 5.74) is 0. The Morgan fingerprint density at radius 2 is 2.36 bits per heavy atom. The van der Waals surface area contributed by atoms with Gasteiger partial charge in [0.05, 0.1) is 0 Å². The zero-order valence-corrected chi connectivity index (χ0v) is 8.25. The maximum absolute atomic E-state index is 3.56. The molecule has 0 radical (unpaired) electrons. The molecular weight excluding hydrogens is 154 g/mol. The van der Waals surface area contributed by atoms with Gasteiger partial charge in [0.15, 0.2) is 0 Å². The van der Waals surface area contributed by atoms with Crippen LogP contribution >= 0.6 is 11.8 Å². The fourth-order valence-corrected chi connectivity index (χ4v) is 2.28. The summed E-state index contributed by atoms with van der Waals surface area (Å²) in [6, 6.07) is 0.836. The Hall–Kier alpha value is 0.310. The molecule has 0 aromatic carbocycles. The van der Waals surface area contributed by atoms with Crippen LogP contribution in [-0.2, 0) is 0 Å². The fourth-order valence-electron chi connectivity index (χ4n) is 1.54. The van der Waals surface area contributed by atoms with Crippen LogP contribution in [0.25, 0.3) is 0 Å². The average Bonchev–Trinajstić information content (AvgIpc) is 2.07. The van der Waals surface area contributed by atoms with Crippen molar-refractivity contribution in [3.05, 3.63) is 0 Å². The van der Waals surface area contributed by atoms with Crippen LogP contribution in [0, 0.1) is 0 Å². The number of nitrogens with one attached hydrogen (secondary N) is 1. The van der Waals surface area contributed by atoms with Gasteiger partial charge >= 0.3 is 0 Å². The Kier molecular flexibility index (Phi) is 5.04. The van der Waals surface area contributed by atoms with E-state index in [2.05, 4.69) is 24.0 Å². The molecule has 2 heteroatoms. The maximum Gasteiger partial charge on any atom is 0.00749 e. The lowest BCUT2D eigenvalue weighted by Crippen LogP contribution is -2.34. The molecule has 0 bridgehead atoms. The minimum Gasteiger partial charge on any atom is -0.314 e. The Balaban J connectivity index is 1.96. The second kappa shape index (κ2) is 5.90. The minimum atomic E-state index is 0.836. The van der Waals surface area contributed by atoms with E-state index in [1.54, 1.807) is 0 Å². The highest BCUT2D eigenvalue weighted by Gasteiger charge is 2.10. The van der Waals surface area contributed by atoms with Gasteiger partial charge in [-0.3, -0.25) is 0 Å². The quantitative estimate of drug-likeness (QED) is 0.655. The molecular formula is C9H19NS. The summed E-state index contributed by atoms with van der Waals surface area (Å²) in [7, 11) is 0. The first-order valence-electron chi connectivity index (χ1n) is 4.74. The Labute approximate surface area is 74.3 Å². The maximum atomic E-state index is 3.56. The molecule has 1 aliphatic rings. The lowest BCUT2D eigenvalue weighted by Gasteiger charge is -2.22. The smallest absolute Gasteiger partial charge is 0.00749 e. The first kappa shape index (κ1) is 9.40. The van der Waals surface area contributed by atoms with Crippen LogP contribution in [0.3, 0.4) is 0 Å². The van der Waals surface area contributed by atoms with Crippen LogP contribution in [0.15, 0.2) is 0 Å². The van der Waals surface area contributed by atoms with E-state index < -0.39 is 0 Å². The van der Waals surface area contributed by atoms with Crippen molar-refractivity contribution in [2.75, 3.05) is 18.1 Å². The third-order valence-electron chi connectivity index (χ3n) is 2.23. The van der Waals surface area contributed by atoms with Gasteiger partial charge in [-0.05, 0) is 37.3 Å². The summed E-state index contributed by atoms with van der Waals surface area (Å²) in [6.07, 6.45) is 5.61. The van der Waals surface area contributed by atoms with Gasteiger partial charge in [0.1, 0.15) is 0 Å². The summed E-state index contributed by atoms with van der Waals surface area (Å²) in [4.78, 5) is 0. The molecule has 0 aromatic rings. The second-order valence-electron chi connectivity index (χ2n) is 3.13. The molecule has 1 rings (SSSR count). The van der Waals surface area contributed by atoms with Crippen molar-refractivity contribution in [2.24, 2.45) is 0 Å². The SMILES string of the molecule is CCSCC[C@@H]1CCCCN1. The van der Waals surface area contributed by atoms with Crippen molar-refractivity contribution in [3.8, 4) is 0 Å². The van der Waals surface area contributed by atoms with Crippen molar-refractivity contribution < 1.29 is 0 Å². The predicted octanol–water partition coefficient (Wildman–Crippen LogP) is 2.27. The summed E-state index contributed by atoms with van der Waals surface area (Å²) in [5, 5.41) is 3.56. The van der Waals surface area contributed by atoms with E-state index in [1.807, 2.05) is 0 Å². The van der Waals surface area contributed by atoms with E-state index >= 15 is 0 Å². The van der Waals surface area contributed by atoms with E-state index in [0.717, 1.165) is 6.04 Å². The van der Waals surface area contributed by atoms with Gasteiger partial charge in [-0.25, -0.2) is 0 Å². The Bertz CT molecular complexity index is 89.6. The van der Waals surface area contributed by atoms with E-state index in [4.69, 9.17) is 0 Å². The van der Waals surface area contributed by atoms with Crippen molar-refractivity contribution in [2.45, 2.75) is 38.6 Å². The molecule has 0 spiro atoms. The molecule has 1 aliphatic heterocycles. The zero-order chi connectivity index (χ0) is 7.94. The van der Waals surface area contributed by atoms with Crippen LogP contribution < -0.4 is 5.32 Å². The first-order chi connectivity index (χ1) is 5.43. The molecule has 0 amide bonds. The van der Waals surface area contributed by atoms with Gasteiger partial charge < -0.3 is 5.32 Å². The molecule has 1 fully saturated rings. The van der Waals surface area contributed by atoms with Crippen molar-refractivity contribution in [3.63, 3.8) is 0 Å². The minimum absolute atomic E-state index is 0.836. The summed E-state index contributed by atoms with van der Waals surface area (Å²) in [6.45, 7) is 3.49. The van der Waals surface area contributed by atoms with E-state index in [-0.39, 0.29) is 0 Å². The van der Waals surface area contributed by atoms with Crippen LogP contribution in [0.4, 0.5) is 0 Å². The van der Waals surface area contributed by atoms with Crippen molar-refractivity contribution in [1.82, 2.24) is 5.32 Å². The molecule has 1 nitrogen and oxygen atoms in total. The number of piperidine rings is 1. The summed E-state index contributed by atoms with van der Waals surface area (Å²) >= 11 is 2.06.